The maximum absolute atomic E-state index is 13.6. The number of halogens is 1. The number of benzene rings is 1. The van der Waals surface area contributed by atoms with E-state index in [4.69, 9.17) is 16.6 Å². The molecule has 0 bridgehead atoms. The lowest BCUT2D eigenvalue weighted by Crippen LogP contribution is -2.13. The van der Waals surface area contributed by atoms with Gasteiger partial charge in [-0.3, -0.25) is 14.2 Å². The van der Waals surface area contributed by atoms with Gasteiger partial charge in [0.05, 0.1) is 46.3 Å². The minimum atomic E-state index is -0.212. The fourth-order valence-corrected chi connectivity index (χ4v) is 4.45. The first kappa shape index (κ1) is 23.7. The largest absolute Gasteiger partial charge is 0.322 e. The molecule has 0 unspecified atom stereocenters. The van der Waals surface area contributed by atoms with Gasteiger partial charge in [0.1, 0.15) is 0 Å². The van der Waals surface area contributed by atoms with Gasteiger partial charge < -0.3 is 5.32 Å². The van der Waals surface area contributed by atoms with E-state index in [1.807, 2.05) is 55.9 Å². The van der Waals surface area contributed by atoms with Crippen molar-refractivity contribution >= 4 is 34.2 Å². The maximum Gasteiger partial charge on any atom is 0.256 e. The summed E-state index contributed by atoms with van der Waals surface area (Å²) in [5.74, 6) is -0.212. The first-order valence-electron chi connectivity index (χ1n) is 11.8. The first-order chi connectivity index (χ1) is 17.3. The summed E-state index contributed by atoms with van der Waals surface area (Å²) in [6, 6.07) is 9.53. The molecular formula is C26H27ClN8O. The molecule has 4 heterocycles. The molecule has 5 rings (SSSR count). The second-order valence-electron chi connectivity index (χ2n) is 8.84. The lowest BCUT2D eigenvalue weighted by Gasteiger charge is -2.10. The van der Waals surface area contributed by atoms with E-state index < -0.39 is 0 Å². The molecule has 1 N–H and O–H groups in total. The van der Waals surface area contributed by atoms with E-state index in [2.05, 4.69) is 27.5 Å². The highest BCUT2D eigenvalue weighted by Crippen LogP contribution is 2.29. The molecule has 0 aliphatic heterocycles. The van der Waals surface area contributed by atoms with Crippen LogP contribution in [0.1, 0.15) is 40.7 Å². The Balaban J connectivity index is 1.49. The average molecular weight is 503 g/mol. The maximum atomic E-state index is 13.6. The second-order valence-corrected chi connectivity index (χ2v) is 9.27. The number of pyridine rings is 1. The van der Waals surface area contributed by atoms with Crippen molar-refractivity contribution < 1.29 is 4.79 Å². The zero-order valence-electron chi connectivity index (χ0n) is 20.7. The minimum absolute atomic E-state index is 0.212. The van der Waals surface area contributed by atoms with Gasteiger partial charge in [0.15, 0.2) is 5.65 Å². The molecule has 0 atom stereocenters. The minimum Gasteiger partial charge on any atom is -0.322 e. The highest BCUT2D eigenvalue weighted by Gasteiger charge is 2.21. The number of hydrogen-bond donors (Lipinski definition) is 1. The standard InChI is InChI=1S/C26H27ClN8O/c1-5-10-35-25-24(16(2)32-35)21(11-23(31-25)22-13-28-33(4)17(22)3)26(36)30-20-8-6-18(7-9-20)14-34-15-19(27)12-29-34/h6-9,11-13,15H,5,10,14H2,1-4H3,(H,30,36). The number of hydrogen-bond acceptors (Lipinski definition) is 5. The summed E-state index contributed by atoms with van der Waals surface area (Å²) in [5.41, 5.74) is 6.32. The van der Waals surface area contributed by atoms with E-state index in [0.717, 1.165) is 40.9 Å². The molecule has 36 heavy (non-hydrogen) atoms. The van der Waals surface area contributed by atoms with Gasteiger partial charge in [-0.2, -0.15) is 15.3 Å². The summed E-state index contributed by atoms with van der Waals surface area (Å²) in [4.78, 5) is 18.5. The molecule has 1 amide bonds. The summed E-state index contributed by atoms with van der Waals surface area (Å²) in [7, 11) is 1.89. The normalized spacial score (nSPS) is 11.4. The Morgan fingerprint density at radius 1 is 1.11 bits per heavy atom. The number of rotatable bonds is 7. The van der Waals surface area contributed by atoms with Crippen molar-refractivity contribution in [3.05, 3.63) is 76.5 Å². The van der Waals surface area contributed by atoms with Crippen molar-refractivity contribution in [3.63, 3.8) is 0 Å². The predicted octanol–water partition coefficient (Wildman–Crippen LogP) is 5.01. The van der Waals surface area contributed by atoms with Gasteiger partial charge in [-0.1, -0.05) is 30.7 Å². The fourth-order valence-electron chi connectivity index (χ4n) is 4.29. The average Bonchev–Trinajstić information content (AvgIpc) is 3.52. The zero-order chi connectivity index (χ0) is 25.4. The summed E-state index contributed by atoms with van der Waals surface area (Å²) < 4.78 is 5.45. The Hall–Kier alpha value is -3.98. The molecule has 1 aromatic carbocycles. The topological polar surface area (TPSA) is 95.5 Å². The molecule has 5 aromatic rings. The second kappa shape index (κ2) is 9.58. The van der Waals surface area contributed by atoms with Crippen LogP contribution in [0, 0.1) is 13.8 Å². The van der Waals surface area contributed by atoms with Crippen LogP contribution in [0.2, 0.25) is 5.02 Å². The van der Waals surface area contributed by atoms with Gasteiger partial charge in [-0.25, -0.2) is 9.67 Å². The third-order valence-electron chi connectivity index (χ3n) is 6.23. The van der Waals surface area contributed by atoms with Crippen LogP contribution in [-0.4, -0.2) is 40.2 Å². The van der Waals surface area contributed by atoms with E-state index in [0.29, 0.717) is 34.2 Å². The van der Waals surface area contributed by atoms with Crippen LogP contribution < -0.4 is 5.32 Å². The Morgan fingerprint density at radius 2 is 1.89 bits per heavy atom. The number of fused-ring (bicyclic) bond motifs is 1. The smallest absolute Gasteiger partial charge is 0.256 e. The number of carbonyl (C=O) groups is 1. The van der Waals surface area contributed by atoms with Gasteiger partial charge in [-0.05, 0) is 44.0 Å². The van der Waals surface area contributed by atoms with Crippen LogP contribution in [0.4, 0.5) is 5.69 Å². The van der Waals surface area contributed by atoms with Crippen molar-refractivity contribution in [2.24, 2.45) is 7.05 Å². The lowest BCUT2D eigenvalue weighted by molar-refractivity contribution is 0.102. The van der Waals surface area contributed by atoms with Crippen molar-refractivity contribution in [1.82, 2.24) is 34.3 Å². The molecule has 9 nitrogen and oxygen atoms in total. The van der Waals surface area contributed by atoms with E-state index in [9.17, 15) is 4.79 Å². The number of carbonyl (C=O) groups excluding carboxylic acids is 1. The number of amides is 1. The van der Waals surface area contributed by atoms with Gasteiger partial charge >= 0.3 is 0 Å². The Kier molecular flexibility index (Phi) is 6.32. The van der Waals surface area contributed by atoms with Crippen molar-refractivity contribution in [2.45, 2.75) is 40.3 Å². The highest BCUT2D eigenvalue weighted by atomic mass is 35.5. The number of nitrogens with zero attached hydrogens (tertiary/aromatic N) is 7. The van der Waals surface area contributed by atoms with Crippen molar-refractivity contribution in [3.8, 4) is 11.3 Å². The van der Waals surface area contributed by atoms with Gasteiger partial charge in [0.25, 0.3) is 5.91 Å². The molecule has 0 saturated heterocycles. The molecule has 0 spiro atoms. The summed E-state index contributed by atoms with van der Waals surface area (Å²) in [6.07, 6.45) is 6.07. The molecule has 0 aliphatic carbocycles. The molecule has 0 fully saturated rings. The first-order valence-corrected chi connectivity index (χ1v) is 12.2. The van der Waals surface area contributed by atoms with Crippen LogP contribution in [0.15, 0.2) is 48.9 Å². The monoisotopic (exact) mass is 502 g/mol. The Morgan fingerprint density at radius 3 is 2.53 bits per heavy atom. The van der Waals surface area contributed by atoms with Crippen LogP contribution >= 0.6 is 11.6 Å². The van der Waals surface area contributed by atoms with E-state index in [1.165, 1.54) is 0 Å². The van der Waals surface area contributed by atoms with E-state index in [1.54, 1.807) is 28.0 Å². The summed E-state index contributed by atoms with van der Waals surface area (Å²) >= 11 is 5.95. The Bertz CT molecular complexity index is 1560. The summed E-state index contributed by atoms with van der Waals surface area (Å²) in [6.45, 7) is 7.31. The van der Waals surface area contributed by atoms with Gasteiger partial charge in [-0.15, -0.1) is 0 Å². The van der Waals surface area contributed by atoms with E-state index >= 15 is 0 Å². The number of anilines is 1. The number of aromatic nitrogens is 7. The zero-order valence-corrected chi connectivity index (χ0v) is 21.4. The van der Waals surface area contributed by atoms with Gasteiger partial charge in [0.2, 0.25) is 0 Å². The number of nitrogens with one attached hydrogen (secondary N) is 1. The Labute approximate surface area is 213 Å². The highest BCUT2D eigenvalue weighted by molar-refractivity contribution is 6.30. The van der Waals surface area contributed by atoms with E-state index in [-0.39, 0.29) is 5.91 Å². The summed E-state index contributed by atoms with van der Waals surface area (Å²) in [5, 5.41) is 17.7. The molecule has 0 radical (unpaired) electrons. The lowest BCUT2D eigenvalue weighted by atomic mass is 10.1. The quantitative estimate of drug-likeness (QED) is 0.337. The predicted molar refractivity (Wildman–Crippen MR) is 140 cm³/mol. The molecule has 184 valence electrons. The van der Waals surface area contributed by atoms with Gasteiger partial charge in [0, 0.05) is 36.7 Å². The van der Waals surface area contributed by atoms with Crippen LogP contribution in [-0.2, 0) is 20.1 Å². The fraction of sp³-hybridized carbons (Fsp3) is 0.269. The molecule has 0 saturated carbocycles. The molecule has 10 heteroatoms. The SMILES string of the molecule is CCCn1nc(C)c2c(C(=O)Nc3ccc(Cn4cc(Cl)cn4)cc3)cc(-c3cnn(C)c3C)nc21. The molecular weight excluding hydrogens is 476 g/mol. The third kappa shape index (κ3) is 4.49. The van der Waals surface area contributed by atoms with Crippen molar-refractivity contribution in [1.29, 1.82) is 0 Å². The third-order valence-corrected chi connectivity index (χ3v) is 6.42. The van der Waals surface area contributed by atoms with Crippen molar-refractivity contribution in [2.75, 3.05) is 5.32 Å². The molecule has 0 aliphatic rings. The number of aryl methyl sites for hydroxylation is 3. The van der Waals surface area contributed by atoms with Crippen LogP contribution in [0.25, 0.3) is 22.3 Å². The van der Waals surface area contributed by atoms with Crippen LogP contribution in [0.5, 0.6) is 0 Å². The van der Waals surface area contributed by atoms with Crippen LogP contribution in [0.3, 0.4) is 0 Å². The molecule has 4 aromatic heterocycles.